The van der Waals surface area contributed by atoms with E-state index in [0.717, 1.165) is 12.2 Å². The average Bonchev–Trinajstić information content (AvgIpc) is 2.43. The van der Waals surface area contributed by atoms with Crippen LogP contribution in [0.4, 0.5) is 0 Å². The first-order valence-electron chi connectivity index (χ1n) is 7.32. The Morgan fingerprint density at radius 2 is 1.89 bits per heavy atom. The third-order valence-corrected chi connectivity index (χ3v) is 3.61. The number of unbranched alkanes of at least 4 members (excludes halogenated alkanes) is 5. The maximum Gasteiger partial charge on any atom is 0.168 e. The Bertz CT molecular complexity index is 360. The lowest BCUT2D eigenvalue weighted by Crippen LogP contribution is -2.12. The maximum atomic E-state index is 5.22. The first-order chi connectivity index (χ1) is 8.92. The van der Waals surface area contributed by atoms with Gasteiger partial charge in [0.15, 0.2) is 5.75 Å². The van der Waals surface area contributed by atoms with Crippen LogP contribution >= 0.6 is 0 Å². The van der Waals surface area contributed by atoms with E-state index in [1.165, 1.54) is 56.1 Å². The summed E-state index contributed by atoms with van der Waals surface area (Å²) in [6.07, 6.45) is 10.3. The average molecular weight is 248 g/mol. The second kappa shape index (κ2) is 7.42. The topological polar surface area (TPSA) is 18.5 Å². The molecule has 0 saturated carbocycles. The van der Waals surface area contributed by atoms with E-state index in [9.17, 15) is 0 Å². The zero-order valence-corrected chi connectivity index (χ0v) is 11.4. The van der Waals surface area contributed by atoms with Crippen LogP contribution in [0.2, 0.25) is 0 Å². The quantitative estimate of drug-likeness (QED) is 0.524. The molecule has 2 heteroatoms. The van der Waals surface area contributed by atoms with Gasteiger partial charge in [-0.05, 0) is 24.5 Å². The maximum absolute atomic E-state index is 5.22. The molecular formula is C16H24O2. The van der Waals surface area contributed by atoms with Crippen LogP contribution in [0, 0.1) is 0 Å². The Labute approximate surface area is 110 Å². The van der Waals surface area contributed by atoms with Gasteiger partial charge < -0.3 is 4.89 Å². The molecule has 2 nitrogen and oxygen atoms in total. The normalized spacial score (nSPS) is 14.1. The Hall–Kier alpha value is -1.02. The molecule has 0 unspecified atom stereocenters. The van der Waals surface area contributed by atoms with Crippen LogP contribution in [0.3, 0.4) is 0 Å². The minimum Gasteiger partial charge on any atom is -0.337 e. The van der Waals surface area contributed by atoms with Gasteiger partial charge in [0.2, 0.25) is 0 Å². The van der Waals surface area contributed by atoms with Crippen molar-refractivity contribution in [1.29, 1.82) is 0 Å². The summed E-state index contributed by atoms with van der Waals surface area (Å²) in [4.78, 5) is 10.2. The summed E-state index contributed by atoms with van der Waals surface area (Å²) >= 11 is 0. The van der Waals surface area contributed by atoms with Crippen LogP contribution in [0.15, 0.2) is 18.2 Å². The lowest BCUT2D eigenvalue weighted by molar-refractivity contribution is -0.215. The molecule has 1 aromatic rings. The smallest absolute Gasteiger partial charge is 0.168 e. The predicted octanol–water partition coefficient (Wildman–Crippen LogP) is 4.46. The number of fused-ring (bicyclic) bond motifs is 1. The summed E-state index contributed by atoms with van der Waals surface area (Å²) in [6.45, 7) is 2.94. The molecule has 0 fully saturated rings. The molecule has 1 heterocycles. The third-order valence-electron chi connectivity index (χ3n) is 3.61. The van der Waals surface area contributed by atoms with Gasteiger partial charge in [-0.1, -0.05) is 51.2 Å². The van der Waals surface area contributed by atoms with Crippen molar-refractivity contribution in [3.05, 3.63) is 29.3 Å². The van der Waals surface area contributed by atoms with Crippen LogP contribution in [0.5, 0.6) is 5.75 Å². The summed E-state index contributed by atoms with van der Waals surface area (Å²) in [6, 6.07) is 6.30. The van der Waals surface area contributed by atoms with Gasteiger partial charge in [0, 0.05) is 12.0 Å². The molecule has 0 bridgehead atoms. The van der Waals surface area contributed by atoms with Crippen molar-refractivity contribution in [3.8, 4) is 5.75 Å². The minimum absolute atomic E-state index is 0.681. The van der Waals surface area contributed by atoms with Crippen molar-refractivity contribution < 1.29 is 9.78 Å². The first kappa shape index (κ1) is 13.4. The molecule has 1 aliphatic heterocycles. The second-order valence-electron chi connectivity index (χ2n) is 5.07. The number of aryl methyl sites for hydroxylation is 1. The summed E-state index contributed by atoms with van der Waals surface area (Å²) in [7, 11) is 0. The molecule has 0 atom stereocenters. The Morgan fingerprint density at radius 1 is 1.06 bits per heavy atom. The molecule has 1 aromatic carbocycles. The summed E-state index contributed by atoms with van der Waals surface area (Å²) < 4.78 is 0. The Kier molecular flexibility index (Phi) is 5.53. The molecule has 18 heavy (non-hydrogen) atoms. The van der Waals surface area contributed by atoms with E-state index in [-0.39, 0.29) is 0 Å². The van der Waals surface area contributed by atoms with Gasteiger partial charge in [-0.2, -0.15) is 4.89 Å². The first-order valence-corrected chi connectivity index (χ1v) is 7.32. The van der Waals surface area contributed by atoms with Crippen molar-refractivity contribution in [2.24, 2.45) is 0 Å². The van der Waals surface area contributed by atoms with Crippen molar-refractivity contribution >= 4 is 0 Å². The highest BCUT2D eigenvalue weighted by Crippen LogP contribution is 2.27. The molecule has 0 saturated heterocycles. The van der Waals surface area contributed by atoms with Gasteiger partial charge in [0.05, 0.1) is 6.61 Å². The van der Waals surface area contributed by atoms with Crippen LogP contribution in [-0.4, -0.2) is 6.61 Å². The molecule has 0 amide bonds. The second-order valence-corrected chi connectivity index (χ2v) is 5.07. The largest absolute Gasteiger partial charge is 0.337 e. The lowest BCUT2D eigenvalue weighted by Gasteiger charge is -2.18. The van der Waals surface area contributed by atoms with Crippen LogP contribution in [0.25, 0.3) is 0 Å². The van der Waals surface area contributed by atoms with E-state index in [4.69, 9.17) is 9.78 Å². The monoisotopic (exact) mass is 248 g/mol. The number of hydrogen-bond acceptors (Lipinski definition) is 2. The van der Waals surface area contributed by atoms with E-state index in [1.807, 2.05) is 6.07 Å². The van der Waals surface area contributed by atoms with Crippen molar-refractivity contribution in [1.82, 2.24) is 0 Å². The number of hydrogen-bond donors (Lipinski definition) is 0. The molecule has 0 radical (unpaired) electrons. The standard InChI is InChI=1S/C16H24O2/c1-2-3-4-5-6-7-9-14-10-8-11-16-15(14)12-13-17-18-16/h8,10-11H,2-7,9,12-13H2,1H3. The third kappa shape index (κ3) is 3.74. The van der Waals surface area contributed by atoms with E-state index in [2.05, 4.69) is 19.1 Å². The number of benzene rings is 1. The van der Waals surface area contributed by atoms with E-state index < -0.39 is 0 Å². The van der Waals surface area contributed by atoms with E-state index in [0.29, 0.717) is 6.61 Å². The highest BCUT2D eigenvalue weighted by molar-refractivity contribution is 5.40. The Morgan fingerprint density at radius 3 is 2.78 bits per heavy atom. The van der Waals surface area contributed by atoms with E-state index in [1.54, 1.807) is 0 Å². The molecule has 100 valence electrons. The lowest BCUT2D eigenvalue weighted by atomic mass is 9.97. The molecular weight excluding hydrogens is 224 g/mol. The predicted molar refractivity (Wildman–Crippen MR) is 73.8 cm³/mol. The van der Waals surface area contributed by atoms with Crippen LogP contribution in [-0.2, 0) is 17.7 Å². The zero-order chi connectivity index (χ0) is 12.6. The molecule has 0 aromatic heterocycles. The van der Waals surface area contributed by atoms with E-state index >= 15 is 0 Å². The summed E-state index contributed by atoms with van der Waals surface area (Å²) in [5, 5.41) is 0. The van der Waals surface area contributed by atoms with Gasteiger partial charge in [-0.15, -0.1) is 0 Å². The number of rotatable bonds is 7. The fourth-order valence-electron chi connectivity index (χ4n) is 2.55. The van der Waals surface area contributed by atoms with Gasteiger partial charge in [-0.3, -0.25) is 0 Å². The van der Waals surface area contributed by atoms with Gasteiger partial charge >= 0.3 is 0 Å². The van der Waals surface area contributed by atoms with Crippen molar-refractivity contribution in [2.75, 3.05) is 6.61 Å². The highest BCUT2D eigenvalue weighted by Gasteiger charge is 2.14. The SMILES string of the molecule is CCCCCCCCc1cccc2c1CCOO2. The summed E-state index contributed by atoms with van der Waals surface area (Å²) in [5.41, 5.74) is 2.81. The fourth-order valence-corrected chi connectivity index (χ4v) is 2.55. The zero-order valence-electron chi connectivity index (χ0n) is 11.4. The Balaban J connectivity index is 1.79. The van der Waals surface area contributed by atoms with Gasteiger partial charge in [-0.25, -0.2) is 0 Å². The molecule has 2 rings (SSSR count). The van der Waals surface area contributed by atoms with Crippen LogP contribution in [0.1, 0.15) is 56.6 Å². The summed E-state index contributed by atoms with van der Waals surface area (Å²) in [5.74, 6) is 0.921. The van der Waals surface area contributed by atoms with Gasteiger partial charge in [0.1, 0.15) is 0 Å². The molecule has 0 spiro atoms. The minimum atomic E-state index is 0.681. The van der Waals surface area contributed by atoms with Crippen LogP contribution < -0.4 is 4.89 Å². The van der Waals surface area contributed by atoms with Crippen molar-refractivity contribution in [3.63, 3.8) is 0 Å². The molecule has 0 N–H and O–H groups in total. The molecule has 1 aliphatic rings. The highest BCUT2D eigenvalue weighted by atomic mass is 17.2. The van der Waals surface area contributed by atoms with Crippen molar-refractivity contribution in [2.45, 2.75) is 58.3 Å². The fraction of sp³-hybridized carbons (Fsp3) is 0.625. The van der Waals surface area contributed by atoms with Gasteiger partial charge in [0.25, 0.3) is 0 Å². The molecule has 0 aliphatic carbocycles.